The highest BCUT2D eigenvalue weighted by molar-refractivity contribution is 6.09. The lowest BCUT2D eigenvalue weighted by Crippen LogP contribution is -2.09. The van der Waals surface area contributed by atoms with Gasteiger partial charge in [0, 0.05) is 28.7 Å². The molecule has 1 fully saturated rings. The topological polar surface area (TPSA) is 100 Å². The second kappa shape index (κ2) is 6.84. The number of pyridine rings is 1. The number of fused-ring (bicyclic) bond motifs is 3. The van der Waals surface area contributed by atoms with E-state index in [1.807, 2.05) is 6.08 Å². The molecule has 7 heteroatoms. The third-order valence-corrected chi connectivity index (χ3v) is 5.22. The van der Waals surface area contributed by atoms with E-state index < -0.39 is 5.97 Å². The van der Waals surface area contributed by atoms with Gasteiger partial charge >= 0.3 is 5.97 Å². The maximum absolute atomic E-state index is 11.4. The van der Waals surface area contributed by atoms with Crippen molar-refractivity contribution in [2.75, 3.05) is 10.6 Å². The number of carboxylic acid groups (broad SMARTS) is 1. The quantitative estimate of drug-likeness (QED) is 0.560. The molecular formula is C22H21N5O2. The molecule has 1 aromatic carbocycles. The van der Waals surface area contributed by atoms with E-state index in [9.17, 15) is 9.90 Å². The first-order valence-electron chi connectivity index (χ1n) is 9.82. The summed E-state index contributed by atoms with van der Waals surface area (Å²) in [5.41, 5.74) is 2.47. The molecule has 2 aromatic heterocycles. The van der Waals surface area contributed by atoms with Crippen LogP contribution >= 0.6 is 0 Å². The van der Waals surface area contributed by atoms with Crippen LogP contribution < -0.4 is 10.6 Å². The first-order chi connectivity index (χ1) is 14.1. The number of nitrogens with one attached hydrogen (secondary N) is 2. The Morgan fingerprint density at radius 1 is 1.21 bits per heavy atom. The number of allylic oxidation sites excluding steroid dienone is 3. The zero-order chi connectivity index (χ0) is 20.0. The third kappa shape index (κ3) is 3.51. The minimum atomic E-state index is -0.977. The molecule has 1 atom stereocenters. The van der Waals surface area contributed by atoms with E-state index in [0.717, 1.165) is 35.7 Å². The molecule has 1 unspecified atom stereocenters. The van der Waals surface area contributed by atoms with Crippen molar-refractivity contribution >= 4 is 39.5 Å². The molecule has 146 valence electrons. The predicted molar refractivity (Wildman–Crippen MR) is 113 cm³/mol. The SMILES string of the molecule is CC1C=C(Nc2nc3cc(C(=O)O)ccc3c3cnc(NC4CC4)nc23)C=CC1. The number of rotatable bonds is 5. The van der Waals surface area contributed by atoms with Gasteiger partial charge in [-0.25, -0.2) is 19.7 Å². The number of benzene rings is 1. The Kier molecular flexibility index (Phi) is 4.16. The summed E-state index contributed by atoms with van der Waals surface area (Å²) in [7, 11) is 0. The summed E-state index contributed by atoms with van der Waals surface area (Å²) in [6.45, 7) is 2.16. The molecule has 29 heavy (non-hydrogen) atoms. The van der Waals surface area contributed by atoms with E-state index in [2.05, 4.69) is 34.7 Å². The largest absolute Gasteiger partial charge is 0.478 e. The van der Waals surface area contributed by atoms with Crippen LogP contribution in [0, 0.1) is 5.92 Å². The van der Waals surface area contributed by atoms with E-state index in [4.69, 9.17) is 9.97 Å². The van der Waals surface area contributed by atoms with Crippen molar-refractivity contribution in [1.29, 1.82) is 0 Å². The van der Waals surface area contributed by atoms with Crippen molar-refractivity contribution in [2.45, 2.75) is 32.2 Å². The van der Waals surface area contributed by atoms with Gasteiger partial charge in [0.1, 0.15) is 5.52 Å². The average molecular weight is 387 g/mol. The Labute approximate surface area is 167 Å². The summed E-state index contributed by atoms with van der Waals surface area (Å²) in [4.78, 5) is 25.3. The minimum Gasteiger partial charge on any atom is -0.478 e. The van der Waals surface area contributed by atoms with Gasteiger partial charge in [-0.05, 0) is 43.4 Å². The Morgan fingerprint density at radius 2 is 2.07 bits per heavy atom. The highest BCUT2D eigenvalue weighted by Crippen LogP contribution is 2.31. The molecule has 2 heterocycles. The summed E-state index contributed by atoms with van der Waals surface area (Å²) in [6, 6.07) is 5.40. The number of aromatic nitrogens is 3. The van der Waals surface area contributed by atoms with E-state index in [1.165, 1.54) is 0 Å². The van der Waals surface area contributed by atoms with Gasteiger partial charge in [0.15, 0.2) is 5.82 Å². The molecule has 3 N–H and O–H groups in total. The Hall–Kier alpha value is -3.48. The summed E-state index contributed by atoms with van der Waals surface area (Å²) < 4.78 is 0. The maximum Gasteiger partial charge on any atom is 0.335 e. The van der Waals surface area contributed by atoms with Crippen LogP contribution in [0.15, 0.2) is 48.3 Å². The highest BCUT2D eigenvalue weighted by atomic mass is 16.4. The zero-order valence-electron chi connectivity index (χ0n) is 16.0. The monoisotopic (exact) mass is 387 g/mol. The van der Waals surface area contributed by atoms with Gasteiger partial charge < -0.3 is 15.7 Å². The van der Waals surface area contributed by atoms with Crippen LogP contribution in [-0.2, 0) is 0 Å². The number of carboxylic acids is 1. The van der Waals surface area contributed by atoms with Crippen LogP contribution in [0.25, 0.3) is 21.8 Å². The van der Waals surface area contributed by atoms with Gasteiger partial charge in [-0.3, -0.25) is 0 Å². The van der Waals surface area contributed by atoms with Crippen LogP contribution in [0.3, 0.4) is 0 Å². The molecule has 0 spiro atoms. The van der Waals surface area contributed by atoms with Gasteiger partial charge in [-0.15, -0.1) is 0 Å². The molecule has 0 radical (unpaired) electrons. The van der Waals surface area contributed by atoms with Crippen molar-refractivity contribution in [3.05, 3.63) is 53.9 Å². The first kappa shape index (κ1) is 17.6. The lowest BCUT2D eigenvalue weighted by atomic mass is 10.0. The highest BCUT2D eigenvalue weighted by Gasteiger charge is 2.22. The van der Waals surface area contributed by atoms with Crippen molar-refractivity contribution < 1.29 is 9.90 Å². The second-order valence-corrected chi connectivity index (χ2v) is 7.73. The van der Waals surface area contributed by atoms with E-state index in [1.54, 1.807) is 24.4 Å². The Bertz CT molecular complexity index is 1200. The lowest BCUT2D eigenvalue weighted by Gasteiger charge is -2.16. The minimum absolute atomic E-state index is 0.202. The van der Waals surface area contributed by atoms with Gasteiger partial charge in [-0.2, -0.15) is 0 Å². The fourth-order valence-corrected chi connectivity index (χ4v) is 3.54. The molecule has 7 nitrogen and oxygen atoms in total. The molecule has 5 rings (SSSR count). The van der Waals surface area contributed by atoms with Crippen LogP contribution in [0.5, 0.6) is 0 Å². The number of anilines is 2. The number of hydrogen-bond donors (Lipinski definition) is 3. The number of hydrogen-bond acceptors (Lipinski definition) is 6. The first-order valence-corrected chi connectivity index (χ1v) is 9.82. The van der Waals surface area contributed by atoms with Crippen molar-refractivity contribution in [3.63, 3.8) is 0 Å². The molecule has 0 saturated heterocycles. The third-order valence-electron chi connectivity index (χ3n) is 5.22. The van der Waals surface area contributed by atoms with E-state index >= 15 is 0 Å². The molecule has 0 bridgehead atoms. The fraction of sp³-hybridized carbons (Fsp3) is 0.273. The van der Waals surface area contributed by atoms with Crippen LogP contribution in [-0.4, -0.2) is 32.1 Å². The second-order valence-electron chi connectivity index (χ2n) is 7.73. The molecular weight excluding hydrogens is 366 g/mol. The zero-order valence-corrected chi connectivity index (χ0v) is 16.0. The van der Waals surface area contributed by atoms with E-state index in [-0.39, 0.29) is 5.56 Å². The maximum atomic E-state index is 11.4. The van der Waals surface area contributed by atoms with Crippen molar-refractivity contribution in [2.24, 2.45) is 5.92 Å². The standard InChI is InChI=1S/C22H21N5O2/c1-12-3-2-4-15(9-12)24-20-19-17(11-23-22(27-19)25-14-6-7-14)16-8-5-13(21(28)29)10-18(16)26-20/h2,4-5,8-12,14H,3,6-7H2,1H3,(H,24,26)(H,28,29)(H,23,25,27). The molecule has 3 aromatic rings. The fourth-order valence-electron chi connectivity index (χ4n) is 3.54. The number of carbonyl (C=O) groups is 1. The summed E-state index contributed by atoms with van der Waals surface area (Å²) in [6.07, 6.45) is 11.4. The summed E-state index contributed by atoms with van der Waals surface area (Å²) in [5, 5.41) is 17.7. The van der Waals surface area contributed by atoms with Gasteiger partial charge in [-0.1, -0.05) is 25.1 Å². The smallest absolute Gasteiger partial charge is 0.335 e. The normalized spacial score (nSPS) is 18.7. The molecule has 2 aliphatic carbocycles. The molecule has 1 saturated carbocycles. The van der Waals surface area contributed by atoms with Crippen LogP contribution in [0.4, 0.5) is 11.8 Å². The van der Waals surface area contributed by atoms with Crippen molar-refractivity contribution in [1.82, 2.24) is 15.0 Å². The molecule has 0 aliphatic heterocycles. The number of nitrogens with zero attached hydrogens (tertiary/aromatic N) is 3. The van der Waals surface area contributed by atoms with Gasteiger partial charge in [0.05, 0.1) is 11.1 Å². The lowest BCUT2D eigenvalue weighted by molar-refractivity contribution is 0.0697. The average Bonchev–Trinajstić information content (AvgIpc) is 3.51. The van der Waals surface area contributed by atoms with Gasteiger partial charge in [0.2, 0.25) is 5.95 Å². The van der Waals surface area contributed by atoms with Crippen molar-refractivity contribution in [3.8, 4) is 0 Å². The summed E-state index contributed by atoms with van der Waals surface area (Å²) in [5.74, 6) is 0.652. The van der Waals surface area contributed by atoms with Crippen LogP contribution in [0.1, 0.15) is 36.5 Å². The molecule has 2 aliphatic rings. The Morgan fingerprint density at radius 3 is 2.83 bits per heavy atom. The summed E-state index contributed by atoms with van der Waals surface area (Å²) >= 11 is 0. The van der Waals surface area contributed by atoms with E-state index in [0.29, 0.717) is 34.8 Å². The predicted octanol–water partition coefficient (Wildman–Crippen LogP) is 4.34. The van der Waals surface area contributed by atoms with Crippen LogP contribution in [0.2, 0.25) is 0 Å². The number of aromatic carboxylic acids is 1. The van der Waals surface area contributed by atoms with Gasteiger partial charge in [0.25, 0.3) is 0 Å². The molecule has 0 amide bonds. The Balaban J connectivity index is 1.68.